The van der Waals surface area contributed by atoms with Crippen LogP contribution in [0.4, 0.5) is 13.2 Å². The average Bonchev–Trinajstić information content (AvgIpc) is 2.12. The number of hydrogen-bond acceptors (Lipinski definition) is 4. The molecule has 8 heteroatoms. The Labute approximate surface area is 97.5 Å². The van der Waals surface area contributed by atoms with E-state index in [-0.39, 0.29) is 19.1 Å². The lowest BCUT2D eigenvalue weighted by Crippen LogP contribution is -2.40. The summed E-state index contributed by atoms with van der Waals surface area (Å²) in [6, 6.07) is 0.0106. The first-order valence-electron chi connectivity index (χ1n) is 5.09. The average molecular weight is 258 g/mol. The first-order valence-corrected chi connectivity index (χ1v) is 5.09. The van der Waals surface area contributed by atoms with Gasteiger partial charge in [0.05, 0.1) is 6.54 Å². The maximum Gasteiger partial charge on any atom is 0.523 e. The SMILES string of the molecule is CC(C)N(CCNCOC(F)(F)F)CC(=O)O. The number of nitrogens with zero attached hydrogens (tertiary/aromatic N) is 1. The summed E-state index contributed by atoms with van der Waals surface area (Å²) in [5.41, 5.74) is 0. The molecule has 0 radical (unpaired) electrons. The summed E-state index contributed by atoms with van der Waals surface area (Å²) >= 11 is 0. The summed E-state index contributed by atoms with van der Waals surface area (Å²) in [6.45, 7) is 3.42. The molecule has 0 aromatic carbocycles. The number of nitrogens with one attached hydrogen (secondary N) is 1. The van der Waals surface area contributed by atoms with Gasteiger partial charge in [0.2, 0.25) is 0 Å². The zero-order chi connectivity index (χ0) is 13.5. The number of carbonyl (C=O) groups is 1. The van der Waals surface area contributed by atoms with E-state index < -0.39 is 19.1 Å². The van der Waals surface area contributed by atoms with Crippen LogP contribution in [0.25, 0.3) is 0 Å². The van der Waals surface area contributed by atoms with Crippen LogP contribution in [0.1, 0.15) is 13.8 Å². The number of halogens is 3. The second-order valence-electron chi connectivity index (χ2n) is 3.69. The zero-order valence-electron chi connectivity index (χ0n) is 9.75. The van der Waals surface area contributed by atoms with Gasteiger partial charge in [0, 0.05) is 19.1 Å². The van der Waals surface area contributed by atoms with Crippen LogP contribution in [0, 0.1) is 0 Å². The van der Waals surface area contributed by atoms with Gasteiger partial charge in [-0.05, 0) is 13.8 Å². The lowest BCUT2D eigenvalue weighted by atomic mass is 10.3. The Balaban J connectivity index is 3.72. The van der Waals surface area contributed by atoms with E-state index in [0.29, 0.717) is 6.54 Å². The third-order valence-electron chi connectivity index (χ3n) is 1.98. The van der Waals surface area contributed by atoms with E-state index in [1.54, 1.807) is 4.90 Å². The van der Waals surface area contributed by atoms with Crippen molar-refractivity contribution >= 4 is 5.97 Å². The van der Waals surface area contributed by atoms with Gasteiger partial charge < -0.3 is 5.11 Å². The van der Waals surface area contributed by atoms with E-state index in [4.69, 9.17) is 5.11 Å². The second kappa shape index (κ2) is 7.46. The Bertz CT molecular complexity index is 234. The van der Waals surface area contributed by atoms with E-state index in [2.05, 4.69) is 10.1 Å². The first-order chi connectivity index (χ1) is 7.72. The smallest absolute Gasteiger partial charge is 0.480 e. The highest BCUT2D eigenvalue weighted by Crippen LogP contribution is 2.14. The quantitative estimate of drug-likeness (QED) is 0.499. The third kappa shape index (κ3) is 10.0. The summed E-state index contributed by atoms with van der Waals surface area (Å²) in [4.78, 5) is 12.1. The van der Waals surface area contributed by atoms with E-state index in [0.717, 1.165) is 0 Å². The molecule has 0 aromatic rings. The molecular formula is C9H17F3N2O3. The Morgan fingerprint density at radius 2 is 2.06 bits per heavy atom. The maximum absolute atomic E-state index is 11.6. The number of rotatable bonds is 8. The molecule has 0 rings (SSSR count). The van der Waals surface area contributed by atoms with Crippen LogP contribution in [0.3, 0.4) is 0 Å². The fourth-order valence-corrected chi connectivity index (χ4v) is 1.12. The van der Waals surface area contributed by atoms with Crippen molar-refractivity contribution in [2.75, 3.05) is 26.4 Å². The maximum atomic E-state index is 11.6. The van der Waals surface area contributed by atoms with Gasteiger partial charge in [-0.1, -0.05) is 0 Å². The number of alkyl halides is 3. The Hall–Kier alpha value is -0.860. The lowest BCUT2D eigenvalue weighted by molar-refractivity contribution is -0.326. The minimum absolute atomic E-state index is 0.0106. The van der Waals surface area contributed by atoms with Crippen molar-refractivity contribution in [1.82, 2.24) is 10.2 Å². The third-order valence-corrected chi connectivity index (χ3v) is 1.98. The highest BCUT2D eigenvalue weighted by molar-refractivity contribution is 5.69. The molecule has 2 N–H and O–H groups in total. The minimum Gasteiger partial charge on any atom is -0.480 e. The molecule has 0 unspecified atom stereocenters. The lowest BCUT2D eigenvalue weighted by Gasteiger charge is -2.24. The van der Waals surface area contributed by atoms with Gasteiger partial charge in [0.25, 0.3) is 0 Å². The van der Waals surface area contributed by atoms with Gasteiger partial charge in [-0.25, -0.2) is 0 Å². The molecule has 0 saturated heterocycles. The van der Waals surface area contributed by atoms with Crippen molar-refractivity contribution in [2.24, 2.45) is 0 Å². The molecule has 5 nitrogen and oxygen atoms in total. The summed E-state index contributed by atoms with van der Waals surface area (Å²) in [5.74, 6) is -0.967. The van der Waals surface area contributed by atoms with Crippen LogP contribution in [-0.2, 0) is 9.53 Å². The zero-order valence-corrected chi connectivity index (χ0v) is 9.75. The predicted molar refractivity (Wildman–Crippen MR) is 54.4 cm³/mol. The molecular weight excluding hydrogens is 241 g/mol. The number of ether oxygens (including phenoxy) is 1. The Morgan fingerprint density at radius 3 is 2.47 bits per heavy atom. The molecule has 0 aliphatic heterocycles. The van der Waals surface area contributed by atoms with Gasteiger partial charge in [0.1, 0.15) is 6.73 Å². The van der Waals surface area contributed by atoms with E-state index >= 15 is 0 Å². The van der Waals surface area contributed by atoms with Crippen LogP contribution in [-0.4, -0.2) is 54.7 Å². The summed E-state index contributed by atoms with van der Waals surface area (Å²) in [7, 11) is 0. The van der Waals surface area contributed by atoms with Crippen LogP contribution in [0.15, 0.2) is 0 Å². The summed E-state index contributed by atoms with van der Waals surface area (Å²) in [5, 5.41) is 11.0. The Kier molecular flexibility index (Phi) is 7.09. The van der Waals surface area contributed by atoms with Crippen molar-refractivity contribution in [3.8, 4) is 0 Å². The minimum atomic E-state index is -4.65. The number of carboxylic acid groups (broad SMARTS) is 1. The number of carboxylic acids is 1. The van der Waals surface area contributed by atoms with Crippen molar-refractivity contribution in [2.45, 2.75) is 26.3 Å². The number of hydrogen-bond donors (Lipinski definition) is 2. The Morgan fingerprint density at radius 1 is 1.47 bits per heavy atom. The van der Waals surface area contributed by atoms with E-state index in [9.17, 15) is 18.0 Å². The van der Waals surface area contributed by atoms with Gasteiger partial charge in [0.15, 0.2) is 0 Å². The fraction of sp³-hybridized carbons (Fsp3) is 0.889. The van der Waals surface area contributed by atoms with Crippen LogP contribution < -0.4 is 5.32 Å². The molecule has 0 saturated carbocycles. The van der Waals surface area contributed by atoms with Gasteiger partial charge in [-0.3, -0.25) is 19.7 Å². The van der Waals surface area contributed by atoms with Gasteiger partial charge in [-0.2, -0.15) is 0 Å². The molecule has 0 spiro atoms. The van der Waals surface area contributed by atoms with Crippen molar-refractivity contribution in [3.05, 3.63) is 0 Å². The molecule has 0 aliphatic carbocycles. The van der Waals surface area contributed by atoms with E-state index in [1.165, 1.54) is 0 Å². The van der Waals surface area contributed by atoms with Crippen LogP contribution in [0.2, 0.25) is 0 Å². The molecule has 0 bridgehead atoms. The number of aliphatic carboxylic acids is 1. The first kappa shape index (κ1) is 16.1. The second-order valence-corrected chi connectivity index (χ2v) is 3.69. The molecule has 0 heterocycles. The van der Waals surface area contributed by atoms with Gasteiger partial charge in [-0.15, -0.1) is 13.2 Å². The highest BCUT2D eigenvalue weighted by Gasteiger charge is 2.28. The molecule has 17 heavy (non-hydrogen) atoms. The van der Waals surface area contributed by atoms with Crippen molar-refractivity contribution < 1.29 is 27.8 Å². The standard InChI is InChI=1S/C9H17F3N2O3/c1-7(2)14(5-8(15)16)4-3-13-6-17-9(10,11)12/h7,13H,3-6H2,1-2H3,(H,15,16). The summed E-state index contributed by atoms with van der Waals surface area (Å²) < 4.78 is 38.3. The van der Waals surface area contributed by atoms with Crippen LogP contribution in [0.5, 0.6) is 0 Å². The topological polar surface area (TPSA) is 61.8 Å². The van der Waals surface area contributed by atoms with Crippen LogP contribution >= 0.6 is 0 Å². The van der Waals surface area contributed by atoms with Crippen molar-refractivity contribution in [3.63, 3.8) is 0 Å². The highest BCUT2D eigenvalue weighted by atomic mass is 19.4. The fourth-order valence-electron chi connectivity index (χ4n) is 1.12. The predicted octanol–water partition coefficient (Wildman–Crippen LogP) is 0.865. The van der Waals surface area contributed by atoms with E-state index in [1.807, 2.05) is 13.8 Å². The molecule has 0 fully saturated rings. The normalized spacial score (nSPS) is 12.4. The molecule has 0 aliphatic rings. The van der Waals surface area contributed by atoms with Gasteiger partial charge >= 0.3 is 12.3 Å². The summed E-state index contributed by atoms with van der Waals surface area (Å²) in [6.07, 6.45) is -4.65. The molecule has 0 amide bonds. The molecule has 102 valence electrons. The van der Waals surface area contributed by atoms with Crippen molar-refractivity contribution in [1.29, 1.82) is 0 Å². The molecule has 0 aromatic heterocycles. The largest absolute Gasteiger partial charge is 0.523 e. The monoisotopic (exact) mass is 258 g/mol. The molecule has 0 atom stereocenters.